The van der Waals surface area contributed by atoms with Gasteiger partial charge >= 0.3 is 12.1 Å². The van der Waals surface area contributed by atoms with Crippen molar-refractivity contribution >= 4 is 12.1 Å². The largest absolute Gasteiger partial charge is 0.350 e. The normalized spacial score (nSPS) is 11.1. The van der Waals surface area contributed by atoms with E-state index in [2.05, 4.69) is 0 Å². The number of hydrogen-bond acceptors (Lipinski definition) is 4. The van der Waals surface area contributed by atoms with E-state index in [4.69, 9.17) is 23.2 Å². The highest BCUT2D eigenvalue weighted by atomic mass is 16.2. The molecule has 0 atom stereocenters. The Labute approximate surface area is 101 Å². The molecule has 0 bridgehead atoms. The molecule has 0 aromatic carbocycles. The summed E-state index contributed by atoms with van der Waals surface area (Å²) in [6, 6.07) is -1.34. The number of nitrogens with zero attached hydrogens (tertiary/aromatic N) is 2. The molecule has 0 aromatic rings. The summed E-state index contributed by atoms with van der Waals surface area (Å²) in [7, 11) is 0. The van der Waals surface area contributed by atoms with Gasteiger partial charge in [-0.1, -0.05) is 13.8 Å². The number of hydrazine groups is 2. The molecule has 0 radical (unpaired) electrons. The van der Waals surface area contributed by atoms with Gasteiger partial charge < -0.3 is 11.5 Å². The quantitative estimate of drug-likeness (QED) is 0.279. The fourth-order valence-electron chi connectivity index (χ4n) is 1.46. The molecule has 100 valence electrons. The smallest absolute Gasteiger partial charge is 0.328 e. The molecule has 0 rings (SSSR count). The molecule has 0 unspecified atom stereocenters. The van der Waals surface area contributed by atoms with Crippen molar-refractivity contribution in [2.24, 2.45) is 28.6 Å². The van der Waals surface area contributed by atoms with Gasteiger partial charge in [-0.25, -0.2) is 21.3 Å². The van der Waals surface area contributed by atoms with Crippen LogP contribution in [-0.2, 0) is 0 Å². The van der Waals surface area contributed by atoms with Gasteiger partial charge in [-0.05, 0) is 18.3 Å². The molecular weight excluding hydrogens is 224 g/mol. The van der Waals surface area contributed by atoms with Gasteiger partial charge in [0.2, 0.25) is 0 Å². The van der Waals surface area contributed by atoms with Gasteiger partial charge in [-0.2, -0.15) is 0 Å². The van der Waals surface area contributed by atoms with Crippen molar-refractivity contribution in [1.82, 2.24) is 10.0 Å². The van der Waals surface area contributed by atoms with Gasteiger partial charge in [-0.15, -0.1) is 0 Å². The lowest BCUT2D eigenvalue weighted by molar-refractivity contribution is 0.165. The molecule has 0 aliphatic carbocycles. The van der Waals surface area contributed by atoms with Crippen LogP contribution in [0, 0.1) is 5.41 Å². The lowest BCUT2D eigenvalue weighted by Gasteiger charge is -2.29. The molecular formula is C9H22N6O2. The summed E-state index contributed by atoms with van der Waals surface area (Å²) in [5, 5.41) is 1.92. The monoisotopic (exact) mass is 246 g/mol. The van der Waals surface area contributed by atoms with E-state index < -0.39 is 12.1 Å². The molecule has 0 aliphatic rings. The van der Waals surface area contributed by atoms with Crippen LogP contribution < -0.4 is 23.2 Å². The highest BCUT2D eigenvalue weighted by Gasteiger charge is 2.22. The number of primary amides is 2. The fourth-order valence-corrected chi connectivity index (χ4v) is 1.46. The first kappa shape index (κ1) is 15.5. The molecule has 17 heavy (non-hydrogen) atoms. The van der Waals surface area contributed by atoms with Crippen molar-refractivity contribution in [3.05, 3.63) is 0 Å². The standard InChI is InChI=1S/C9H22N6O2/c1-9(2,6-15(13)8(11)17)4-3-5-14(12)7(10)16/h3-6,12-13H2,1-2H3,(H2,10,16)(H2,11,17). The first-order chi connectivity index (χ1) is 7.65. The molecule has 8 nitrogen and oxygen atoms in total. The molecule has 0 heterocycles. The summed E-state index contributed by atoms with van der Waals surface area (Å²) in [6.07, 6.45) is 1.40. The maximum atomic E-state index is 10.8. The molecule has 0 spiro atoms. The predicted octanol–water partition coefficient (Wildman–Crippen LogP) is -0.698. The Hall–Kier alpha value is -1.54. The summed E-state index contributed by atoms with van der Waals surface area (Å²) in [6.45, 7) is 4.59. The maximum absolute atomic E-state index is 10.8. The third-order valence-electron chi connectivity index (χ3n) is 2.42. The number of carbonyl (C=O) groups excluding carboxylic acids is 2. The van der Waals surface area contributed by atoms with Crippen LogP contribution in [-0.4, -0.2) is 35.2 Å². The number of nitrogens with two attached hydrogens (primary N) is 4. The number of carbonyl (C=O) groups is 2. The minimum Gasteiger partial charge on any atom is -0.350 e. The molecule has 0 saturated carbocycles. The average Bonchev–Trinajstić information content (AvgIpc) is 2.15. The first-order valence-electron chi connectivity index (χ1n) is 5.29. The van der Waals surface area contributed by atoms with Crippen molar-refractivity contribution in [2.75, 3.05) is 13.1 Å². The number of hydrogen-bond donors (Lipinski definition) is 4. The third kappa shape index (κ3) is 6.59. The second kappa shape index (κ2) is 6.26. The van der Waals surface area contributed by atoms with E-state index >= 15 is 0 Å². The summed E-state index contributed by atoms with van der Waals surface area (Å²) < 4.78 is 0. The lowest BCUT2D eigenvalue weighted by Crippen LogP contribution is -2.47. The number of amides is 4. The zero-order valence-corrected chi connectivity index (χ0v) is 10.3. The molecule has 0 fully saturated rings. The van der Waals surface area contributed by atoms with E-state index in [0.29, 0.717) is 19.5 Å². The molecule has 8 heteroatoms. The van der Waals surface area contributed by atoms with E-state index in [1.807, 2.05) is 13.8 Å². The summed E-state index contributed by atoms with van der Waals surface area (Å²) in [4.78, 5) is 21.4. The highest BCUT2D eigenvalue weighted by Crippen LogP contribution is 2.22. The van der Waals surface area contributed by atoms with Crippen LogP contribution in [0.5, 0.6) is 0 Å². The van der Waals surface area contributed by atoms with E-state index in [9.17, 15) is 9.59 Å². The van der Waals surface area contributed by atoms with Gasteiger partial charge in [0.1, 0.15) is 0 Å². The summed E-state index contributed by atoms with van der Waals surface area (Å²) in [5.41, 5.74) is 9.81. The Morgan fingerprint density at radius 2 is 1.53 bits per heavy atom. The van der Waals surface area contributed by atoms with Crippen molar-refractivity contribution in [3.63, 3.8) is 0 Å². The van der Waals surface area contributed by atoms with Gasteiger partial charge in [0, 0.05) is 13.1 Å². The van der Waals surface area contributed by atoms with Crippen LogP contribution in [0.1, 0.15) is 26.7 Å². The van der Waals surface area contributed by atoms with Gasteiger partial charge in [0.05, 0.1) is 0 Å². The Morgan fingerprint density at radius 1 is 1.06 bits per heavy atom. The Balaban J connectivity index is 4.01. The second-order valence-corrected chi connectivity index (χ2v) is 4.77. The lowest BCUT2D eigenvalue weighted by atomic mass is 9.87. The van der Waals surface area contributed by atoms with Crippen molar-refractivity contribution < 1.29 is 9.59 Å². The van der Waals surface area contributed by atoms with E-state index in [-0.39, 0.29) is 5.41 Å². The minimum absolute atomic E-state index is 0.206. The molecule has 8 N–H and O–H groups in total. The van der Waals surface area contributed by atoms with Crippen molar-refractivity contribution in [2.45, 2.75) is 26.7 Å². The highest BCUT2D eigenvalue weighted by molar-refractivity contribution is 5.71. The SMILES string of the molecule is CC(C)(CCCN(N)C(N)=O)CN(N)C(N)=O. The molecule has 4 amide bonds. The van der Waals surface area contributed by atoms with Gasteiger partial charge in [-0.3, -0.25) is 10.0 Å². The van der Waals surface area contributed by atoms with Crippen LogP contribution in [0.3, 0.4) is 0 Å². The van der Waals surface area contributed by atoms with Crippen LogP contribution in [0.25, 0.3) is 0 Å². The number of urea groups is 2. The van der Waals surface area contributed by atoms with E-state index in [1.165, 1.54) is 0 Å². The Kier molecular flexibility index (Phi) is 5.69. The first-order valence-corrected chi connectivity index (χ1v) is 5.29. The Morgan fingerprint density at radius 3 is 1.94 bits per heavy atom. The van der Waals surface area contributed by atoms with E-state index in [1.54, 1.807) is 0 Å². The average molecular weight is 246 g/mol. The van der Waals surface area contributed by atoms with Gasteiger partial charge in [0.25, 0.3) is 0 Å². The minimum atomic E-state index is -0.671. The fraction of sp³-hybridized carbons (Fsp3) is 0.778. The topological polar surface area (TPSA) is 145 Å². The van der Waals surface area contributed by atoms with Crippen LogP contribution in [0.4, 0.5) is 9.59 Å². The Bertz CT molecular complexity index is 281. The molecule has 0 saturated heterocycles. The zero-order chi connectivity index (χ0) is 13.6. The molecule has 0 aliphatic heterocycles. The van der Waals surface area contributed by atoms with Crippen molar-refractivity contribution in [3.8, 4) is 0 Å². The number of rotatable bonds is 6. The second-order valence-electron chi connectivity index (χ2n) is 4.77. The third-order valence-corrected chi connectivity index (χ3v) is 2.42. The van der Waals surface area contributed by atoms with Crippen LogP contribution in [0.15, 0.2) is 0 Å². The summed E-state index contributed by atoms with van der Waals surface area (Å²) in [5.74, 6) is 10.8. The van der Waals surface area contributed by atoms with Crippen LogP contribution in [0.2, 0.25) is 0 Å². The zero-order valence-electron chi connectivity index (χ0n) is 10.3. The van der Waals surface area contributed by atoms with Crippen molar-refractivity contribution in [1.29, 1.82) is 0 Å². The van der Waals surface area contributed by atoms with Gasteiger partial charge in [0.15, 0.2) is 0 Å². The van der Waals surface area contributed by atoms with E-state index in [0.717, 1.165) is 16.4 Å². The predicted molar refractivity (Wildman–Crippen MR) is 64.0 cm³/mol. The summed E-state index contributed by atoms with van der Waals surface area (Å²) >= 11 is 0. The molecule has 0 aromatic heterocycles. The maximum Gasteiger partial charge on any atom is 0.328 e. The van der Waals surface area contributed by atoms with Crippen LogP contribution >= 0.6 is 0 Å².